The second-order valence-electron chi connectivity index (χ2n) is 3.96. The Morgan fingerprint density at radius 3 is 3.00 bits per heavy atom. The fraction of sp³-hybridized carbons (Fsp3) is 0.727. The van der Waals surface area contributed by atoms with Gasteiger partial charge in [-0.3, -0.25) is 4.79 Å². The monoisotopic (exact) mass is 197 g/mol. The van der Waals surface area contributed by atoms with E-state index < -0.39 is 0 Å². The molecule has 3 heteroatoms. The molecule has 2 unspecified atom stereocenters. The van der Waals surface area contributed by atoms with Crippen LogP contribution in [0.1, 0.15) is 26.2 Å². The summed E-state index contributed by atoms with van der Waals surface area (Å²) >= 11 is 0. The fourth-order valence-electron chi connectivity index (χ4n) is 1.79. The summed E-state index contributed by atoms with van der Waals surface area (Å²) in [6, 6.07) is 0. The molecule has 0 aromatic heterocycles. The number of carbonyl (C=O) groups excluding carboxylic acids is 1. The highest BCUT2D eigenvalue weighted by Gasteiger charge is 2.28. The second-order valence-corrected chi connectivity index (χ2v) is 3.96. The number of hydrogen-bond donors (Lipinski definition) is 1. The fourth-order valence-corrected chi connectivity index (χ4v) is 1.79. The van der Waals surface area contributed by atoms with Crippen LogP contribution in [0.15, 0.2) is 12.7 Å². The lowest BCUT2D eigenvalue weighted by Gasteiger charge is -2.17. The Morgan fingerprint density at radius 2 is 2.50 bits per heavy atom. The van der Waals surface area contributed by atoms with Crippen molar-refractivity contribution in [1.29, 1.82) is 0 Å². The molecule has 0 saturated carbocycles. The molecule has 1 N–H and O–H groups in total. The maximum atomic E-state index is 11.6. The molecule has 1 fully saturated rings. The summed E-state index contributed by atoms with van der Waals surface area (Å²) < 4.78 is 0. The molecule has 0 aliphatic carbocycles. The molecule has 14 heavy (non-hydrogen) atoms. The summed E-state index contributed by atoms with van der Waals surface area (Å²) in [7, 11) is 0. The summed E-state index contributed by atoms with van der Waals surface area (Å²) in [6.45, 7) is 6.90. The highest BCUT2D eigenvalue weighted by molar-refractivity contribution is 5.76. The third-order valence-corrected chi connectivity index (χ3v) is 2.82. The van der Waals surface area contributed by atoms with Crippen LogP contribution in [0.3, 0.4) is 0 Å². The number of aliphatic hydroxyl groups excluding tert-OH is 1. The van der Waals surface area contributed by atoms with E-state index in [1.54, 1.807) is 13.0 Å². The van der Waals surface area contributed by atoms with Crippen LogP contribution in [-0.2, 0) is 4.79 Å². The van der Waals surface area contributed by atoms with Crippen molar-refractivity contribution in [2.24, 2.45) is 5.92 Å². The van der Waals surface area contributed by atoms with Crippen LogP contribution in [0.4, 0.5) is 0 Å². The first-order valence-corrected chi connectivity index (χ1v) is 5.22. The molecule has 1 heterocycles. The van der Waals surface area contributed by atoms with Gasteiger partial charge in [-0.2, -0.15) is 0 Å². The molecular formula is C11H19NO2. The lowest BCUT2D eigenvalue weighted by molar-refractivity contribution is -0.130. The molecule has 0 aromatic rings. The van der Waals surface area contributed by atoms with Gasteiger partial charge in [0, 0.05) is 25.4 Å². The summed E-state index contributed by atoms with van der Waals surface area (Å²) in [5, 5.41) is 9.37. The molecule has 2 atom stereocenters. The largest absolute Gasteiger partial charge is 0.393 e. The quantitative estimate of drug-likeness (QED) is 0.687. The van der Waals surface area contributed by atoms with Crippen LogP contribution < -0.4 is 0 Å². The zero-order chi connectivity index (χ0) is 10.6. The topological polar surface area (TPSA) is 40.5 Å². The molecule has 1 aliphatic heterocycles. The van der Waals surface area contributed by atoms with Gasteiger partial charge >= 0.3 is 0 Å². The second kappa shape index (κ2) is 5.15. The molecule has 0 spiro atoms. The Balaban J connectivity index is 2.34. The van der Waals surface area contributed by atoms with Gasteiger partial charge in [0.05, 0.1) is 6.10 Å². The van der Waals surface area contributed by atoms with Crippen LogP contribution in [0, 0.1) is 5.92 Å². The summed E-state index contributed by atoms with van der Waals surface area (Å²) in [4.78, 5) is 13.4. The number of amides is 1. The molecule has 3 nitrogen and oxygen atoms in total. The van der Waals surface area contributed by atoms with Crippen molar-refractivity contribution in [3.05, 3.63) is 12.7 Å². The highest BCUT2D eigenvalue weighted by atomic mass is 16.3. The molecule has 1 saturated heterocycles. The van der Waals surface area contributed by atoms with E-state index in [-0.39, 0.29) is 17.9 Å². The van der Waals surface area contributed by atoms with E-state index in [0.29, 0.717) is 13.0 Å². The van der Waals surface area contributed by atoms with Gasteiger partial charge in [0.15, 0.2) is 0 Å². The van der Waals surface area contributed by atoms with Crippen molar-refractivity contribution >= 4 is 5.91 Å². The van der Waals surface area contributed by atoms with E-state index in [0.717, 1.165) is 19.4 Å². The summed E-state index contributed by atoms with van der Waals surface area (Å²) in [6.07, 6.45) is 3.69. The van der Waals surface area contributed by atoms with Gasteiger partial charge in [-0.05, 0) is 19.8 Å². The predicted molar refractivity (Wildman–Crippen MR) is 55.8 cm³/mol. The number of hydrogen-bond acceptors (Lipinski definition) is 2. The lowest BCUT2D eigenvalue weighted by Crippen LogP contribution is -2.30. The van der Waals surface area contributed by atoms with Crippen molar-refractivity contribution < 1.29 is 9.90 Å². The molecule has 1 rings (SSSR count). The third-order valence-electron chi connectivity index (χ3n) is 2.82. The van der Waals surface area contributed by atoms with E-state index in [4.69, 9.17) is 0 Å². The van der Waals surface area contributed by atoms with Crippen molar-refractivity contribution in [3.63, 3.8) is 0 Å². The van der Waals surface area contributed by atoms with E-state index in [2.05, 4.69) is 6.58 Å². The standard InChI is InChI=1S/C11H19NO2/c1-3-4-5-11(14)12-7-6-10(8-12)9(2)13/h3,9-10,13H,1,4-8H2,2H3. The normalized spacial score (nSPS) is 23.6. The minimum Gasteiger partial charge on any atom is -0.393 e. The van der Waals surface area contributed by atoms with Gasteiger partial charge in [0.1, 0.15) is 0 Å². The number of carbonyl (C=O) groups is 1. The minimum atomic E-state index is -0.299. The number of aliphatic hydroxyl groups is 1. The maximum Gasteiger partial charge on any atom is 0.222 e. The van der Waals surface area contributed by atoms with Crippen LogP contribution in [0.2, 0.25) is 0 Å². The highest BCUT2D eigenvalue weighted by Crippen LogP contribution is 2.20. The number of allylic oxidation sites excluding steroid dienone is 1. The van der Waals surface area contributed by atoms with Gasteiger partial charge in [-0.1, -0.05) is 6.08 Å². The molecule has 1 amide bonds. The predicted octanol–water partition coefficient (Wildman–Crippen LogP) is 1.18. The SMILES string of the molecule is C=CCCC(=O)N1CCC(C(C)O)C1. The Hall–Kier alpha value is -0.830. The molecule has 1 aliphatic rings. The Kier molecular flexibility index (Phi) is 4.14. The van der Waals surface area contributed by atoms with Gasteiger partial charge < -0.3 is 10.0 Å². The van der Waals surface area contributed by atoms with Crippen molar-refractivity contribution in [2.45, 2.75) is 32.3 Å². The van der Waals surface area contributed by atoms with E-state index in [1.807, 2.05) is 4.90 Å². The van der Waals surface area contributed by atoms with Gasteiger partial charge in [-0.25, -0.2) is 0 Å². The van der Waals surface area contributed by atoms with Gasteiger partial charge in [-0.15, -0.1) is 6.58 Å². The van der Waals surface area contributed by atoms with Gasteiger partial charge in [0.25, 0.3) is 0 Å². The summed E-state index contributed by atoms with van der Waals surface area (Å²) in [5.41, 5.74) is 0. The van der Waals surface area contributed by atoms with Crippen LogP contribution >= 0.6 is 0 Å². The van der Waals surface area contributed by atoms with Crippen LogP contribution in [-0.4, -0.2) is 35.1 Å². The van der Waals surface area contributed by atoms with Crippen molar-refractivity contribution in [3.8, 4) is 0 Å². The van der Waals surface area contributed by atoms with Crippen molar-refractivity contribution in [1.82, 2.24) is 4.90 Å². The van der Waals surface area contributed by atoms with Crippen molar-refractivity contribution in [2.75, 3.05) is 13.1 Å². The average Bonchev–Trinajstić information content (AvgIpc) is 2.62. The van der Waals surface area contributed by atoms with E-state index >= 15 is 0 Å². The Labute approximate surface area is 85.4 Å². The maximum absolute atomic E-state index is 11.6. The number of likely N-dealkylation sites (tertiary alicyclic amines) is 1. The first kappa shape index (κ1) is 11.2. The van der Waals surface area contributed by atoms with Crippen LogP contribution in [0.5, 0.6) is 0 Å². The molecular weight excluding hydrogens is 178 g/mol. The van der Waals surface area contributed by atoms with Gasteiger partial charge in [0.2, 0.25) is 5.91 Å². The van der Waals surface area contributed by atoms with E-state index in [9.17, 15) is 9.90 Å². The Morgan fingerprint density at radius 1 is 1.79 bits per heavy atom. The first-order chi connectivity index (χ1) is 6.65. The number of nitrogens with zero attached hydrogens (tertiary/aromatic N) is 1. The third kappa shape index (κ3) is 2.84. The summed E-state index contributed by atoms with van der Waals surface area (Å²) in [5.74, 6) is 0.454. The number of rotatable bonds is 4. The first-order valence-electron chi connectivity index (χ1n) is 5.22. The molecule has 80 valence electrons. The lowest BCUT2D eigenvalue weighted by atomic mass is 10.0. The van der Waals surface area contributed by atoms with Crippen LogP contribution in [0.25, 0.3) is 0 Å². The van der Waals surface area contributed by atoms with E-state index in [1.165, 1.54) is 0 Å². The minimum absolute atomic E-state index is 0.188. The molecule has 0 bridgehead atoms. The Bertz CT molecular complexity index is 213. The molecule has 0 radical (unpaired) electrons. The smallest absolute Gasteiger partial charge is 0.222 e. The average molecular weight is 197 g/mol. The zero-order valence-corrected chi connectivity index (χ0v) is 8.78. The molecule has 0 aromatic carbocycles. The zero-order valence-electron chi connectivity index (χ0n) is 8.78.